The van der Waals surface area contributed by atoms with Gasteiger partial charge in [-0.2, -0.15) is 0 Å². The van der Waals surface area contributed by atoms with Gasteiger partial charge >= 0.3 is 11.9 Å². The van der Waals surface area contributed by atoms with Crippen molar-refractivity contribution in [3.05, 3.63) is 29.8 Å². The lowest BCUT2D eigenvalue weighted by Crippen LogP contribution is -2.30. The zero-order chi connectivity index (χ0) is 19.2. The number of rotatable bonds is 7. The second-order valence-corrected chi connectivity index (χ2v) is 7.74. The Morgan fingerprint density at radius 1 is 1.08 bits per heavy atom. The number of carbonyl (C=O) groups is 2. The molecule has 25 heavy (non-hydrogen) atoms. The van der Waals surface area contributed by atoms with Gasteiger partial charge in [0.05, 0.1) is 18.4 Å². The minimum atomic E-state index is -0.572. The van der Waals surface area contributed by atoms with Crippen LogP contribution in [-0.4, -0.2) is 37.7 Å². The van der Waals surface area contributed by atoms with Gasteiger partial charge < -0.3 is 14.4 Å². The second-order valence-electron chi connectivity index (χ2n) is 7.74. The fourth-order valence-electron chi connectivity index (χ4n) is 2.37. The van der Waals surface area contributed by atoms with E-state index in [9.17, 15) is 9.59 Å². The molecule has 0 aromatic heterocycles. The lowest BCUT2D eigenvalue weighted by Gasteiger charge is -2.22. The molecule has 0 bridgehead atoms. The molecule has 1 aromatic carbocycles. The van der Waals surface area contributed by atoms with Crippen LogP contribution in [-0.2, 0) is 25.5 Å². The van der Waals surface area contributed by atoms with E-state index in [1.54, 1.807) is 13.8 Å². The van der Waals surface area contributed by atoms with Gasteiger partial charge in [0, 0.05) is 19.8 Å². The normalized spacial score (nSPS) is 12.6. The van der Waals surface area contributed by atoms with Crippen molar-refractivity contribution in [2.75, 3.05) is 19.0 Å². The predicted octanol–water partition coefficient (Wildman–Crippen LogP) is 3.59. The molecule has 0 saturated heterocycles. The summed E-state index contributed by atoms with van der Waals surface area (Å²) in [6.45, 7) is 9.04. The summed E-state index contributed by atoms with van der Waals surface area (Å²) >= 11 is 0. The first-order chi connectivity index (χ1) is 11.5. The van der Waals surface area contributed by atoms with E-state index in [2.05, 4.69) is 0 Å². The van der Waals surface area contributed by atoms with Crippen molar-refractivity contribution in [2.24, 2.45) is 5.92 Å². The summed E-state index contributed by atoms with van der Waals surface area (Å²) in [7, 11) is 3.95. The van der Waals surface area contributed by atoms with Gasteiger partial charge in [-0.25, -0.2) is 0 Å². The van der Waals surface area contributed by atoms with E-state index in [-0.39, 0.29) is 24.5 Å². The second kappa shape index (κ2) is 8.88. The summed E-state index contributed by atoms with van der Waals surface area (Å²) in [6, 6.07) is 7.93. The highest BCUT2D eigenvalue weighted by Crippen LogP contribution is 2.20. The quantitative estimate of drug-likeness (QED) is 0.704. The van der Waals surface area contributed by atoms with Crippen LogP contribution in [0.15, 0.2) is 24.3 Å². The Morgan fingerprint density at radius 3 is 2.08 bits per heavy atom. The van der Waals surface area contributed by atoms with Crippen LogP contribution in [0.25, 0.3) is 0 Å². The van der Waals surface area contributed by atoms with Crippen LogP contribution in [0, 0.1) is 5.92 Å². The Morgan fingerprint density at radius 2 is 1.64 bits per heavy atom. The number of esters is 2. The molecule has 0 spiro atoms. The number of ether oxygens (including phenoxy) is 2. The van der Waals surface area contributed by atoms with Crippen molar-refractivity contribution < 1.29 is 19.1 Å². The smallest absolute Gasteiger partial charge is 0.310 e. The van der Waals surface area contributed by atoms with Crippen LogP contribution in [0.5, 0.6) is 0 Å². The molecule has 1 atom stereocenters. The molecule has 5 nitrogen and oxygen atoms in total. The molecule has 0 aliphatic heterocycles. The third-order valence-electron chi connectivity index (χ3n) is 3.45. The van der Waals surface area contributed by atoms with Crippen molar-refractivity contribution >= 4 is 17.6 Å². The van der Waals surface area contributed by atoms with Crippen LogP contribution < -0.4 is 4.90 Å². The number of carbonyl (C=O) groups excluding carboxylic acids is 2. The van der Waals surface area contributed by atoms with Gasteiger partial charge in [0.15, 0.2) is 0 Å². The Balaban J connectivity index is 2.86. The Labute approximate surface area is 151 Å². The van der Waals surface area contributed by atoms with Crippen molar-refractivity contribution in [3.63, 3.8) is 0 Å². The minimum Gasteiger partial charge on any atom is -0.463 e. The van der Waals surface area contributed by atoms with Crippen molar-refractivity contribution in [1.29, 1.82) is 0 Å². The summed E-state index contributed by atoms with van der Waals surface area (Å²) in [5, 5.41) is 0. The molecule has 0 amide bonds. The maximum absolute atomic E-state index is 12.4. The summed E-state index contributed by atoms with van der Waals surface area (Å²) < 4.78 is 10.7. The minimum absolute atomic E-state index is 0.0122. The molecule has 0 heterocycles. The van der Waals surface area contributed by atoms with E-state index in [0.29, 0.717) is 6.42 Å². The van der Waals surface area contributed by atoms with Crippen molar-refractivity contribution in [3.8, 4) is 0 Å². The highest BCUT2D eigenvalue weighted by molar-refractivity contribution is 5.80. The molecule has 0 radical (unpaired) electrons. The molecular weight excluding hydrogens is 318 g/mol. The number of anilines is 1. The zero-order valence-electron chi connectivity index (χ0n) is 16.5. The summed E-state index contributed by atoms with van der Waals surface area (Å²) in [5.41, 5.74) is 1.49. The molecule has 0 unspecified atom stereocenters. The van der Waals surface area contributed by atoms with Crippen LogP contribution in [0.1, 0.15) is 46.6 Å². The number of hydrogen-bond acceptors (Lipinski definition) is 5. The molecule has 0 fully saturated rings. The zero-order valence-corrected chi connectivity index (χ0v) is 16.5. The maximum atomic E-state index is 12.4. The average Bonchev–Trinajstić information content (AvgIpc) is 2.44. The monoisotopic (exact) mass is 349 g/mol. The van der Waals surface area contributed by atoms with Crippen LogP contribution in [0.3, 0.4) is 0 Å². The lowest BCUT2D eigenvalue weighted by atomic mass is 9.96. The van der Waals surface area contributed by atoms with E-state index in [0.717, 1.165) is 11.3 Å². The number of nitrogens with zero attached hydrogens (tertiary/aromatic N) is 1. The molecule has 140 valence electrons. The van der Waals surface area contributed by atoms with Gasteiger partial charge in [0.25, 0.3) is 0 Å². The Bertz CT molecular complexity index is 570. The molecule has 0 aliphatic carbocycles. The summed E-state index contributed by atoms with van der Waals surface area (Å²) in [5.74, 6) is -1.30. The summed E-state index contributed by atoms with van der Waals surface area (Å²) in [4.78, 5) is 26.6. The SMILES string of the molecule is CC(C)OC(=O)[C@H](CC(=O)OC(C)(C)C)Cc1ccc(N(C)C)cc1. The lowest BCUT2D eigenvalue weighted by molar-refractivity contribution is -0.163. The van der Waals surface area contributed by atoms with Gasteiger partial charge in [-0.15, -0.1) is 0 Å². The van der Waals surface area contributed by atoms with Crippen LogP contribution >= 0.6 is 0 Å². The number of hydrogen-bond donors (Lipinski definition) is 0. The molecule has 1 rings (SSSR count). The molecule has 0 saturated carbocycles. The largest absolute Gasteiger partial charge is 0.463 e. The van der Waals surface area contributed by atoms with E-state index in [4.69, 9.17) is 9.47 Å². The highest BCUT2D eigenvalue weighted by atomic mass is 16.6. The highest BCUT2D eigenvalue weighted by Gasteiger charge is 2.27. The average molecular weight is 349 g/mol. The maximum Gasteiger partial charge on any atom is 0.310 e. The van der Waals surface area contributed by atoms with Crippen molar-refractivity contribution in [1.82, 2.24) is 0 Å². The molecule has 0 N–H and O–H groups in total. The Kier molecular flexibility index (Phi) is 7.46. The molecule has 5 heteroatoms. The van der Waals surface area contributed by atoms with E-state index in [1.807, 2.05) is 64.0 Å². The summed E-state index contributed by atoms with van der Waals surface area (Å²) in [6.07, 6.45) is 0.237. The van der Waals surface area contributed by atoms with E-state index >= 15 is 0 Å². The molecule has 0 aliphatic rings. The first kappa shape index (κ1) is 21.0. The molecular formula is C20H31NO4. The van der Waals surface area contributed by atoms with Crippen LogP contribution in [0.4, 0.5) is 5.69 Å². The van der Waals surface area contributed by atoms with E-state index in [1.165, 1.54) is 0 Å². The fourth-order valence-corrected chi connectivity index (χ4v) is 2.37. The van der Waals surface area contributed by atoms with Gasteiger partial charge in [-0.1, -0.05) is 12.1 Å². The third kappa shape index (κ3) is 8.05. The topological polar surface area (TPSA) is 55.8 Å². The van der Waals surface area contributed by atoms with Gasteiger partial charge in [-0.05, 0) is 58.7 Å². The predicted molar refractivity (Wildman–Crippen MR) is 99.7 cm³/mol. The third-order valence-corrected chi connectivity index (χ3v) is 3.45. The first-order valence-corrected chi connectivity index (χ1v) is 8.66. The standard InChI is InChI=1S/C20H31NO4/c1-14(2)24-19(23)16(13-18(22)25-20(3,4)5)12-15-8-10-17(11-9-15)21(6)7/h8-11,14,16H,12-13H2,1-7H3/t16-/m0/s1. The van der Waals surface area contributed by atoms with Gasteiger partial charge in [0.1, 0.15) is 5.60 Å². The molecule has 1 aromatic rings. The first-order valence-electron chi connectivity index (χ1n) is 8.66. The van der Waals surface area contributed by atoms with Crippen molar-refractivity contribution in [2.45, 2.75) is 59.2 Å². The van der Waals surface area contributed by atoms with Gasteiger partial charge in [-0.3, -0.25) is 9.59 Å². The fraction of sp³-hybridized carbons (Fsp3) is 0.600. The Hall–Kier alpha value is -2.04. The number of benzene rings is 1. The van der Waals surface area contributed by atoms with Crippen LogP contribution in [0.2, 0.25) is 0 Å². The van der Waals surface area contributed by atoms with E-state index < -0.39 is 11.5 Å². The van der Waals surface area contributed by atoms with Gasteiger partial charge in [0.2, 0.25) is 0 Å².